The lowest BCUT2D eigenvalue weighted by Crippen LogP contribution is -2.21. The maximum Gasteiger partial charge on any atom is 0.191 e. The number of guanidine groups is 1. The highest BCUT2D eigenvalue weighted by Crippen LogP contribution is 2.31. The summed E-state index contributed by atoms with van der Waals surface area (Å²) in [6.45, 7) is 0. The summed E-state index contributed by atoms with van der Waals surface area (Å²) in [6.07, 6.45) is 0. The molecule has 0 aliphatic rings. The van der Waals surface area contributed by atoms with Crippen molar-refractivity contribution in [1.82, 2.24) is 0 Å². The van der Waals surface area contributed by atoms with Crippen LogP contribution in [0, 0.1) is 0 Å². The fourth-order valence-corrected chi connectivity index (χ4v) is 1.02. The quantitative estimate of drug-likeness (QED) is 0.546. The number of benzene rings is 1. The Balaban J connectivity index is 3.15. The zero-order valence-electron chi connectivity index (χ0n) is 8.15. The minimum absolute atomic E-state index is 0.0171. The molecule has 14 heavy (non-hydrogen) atoms. The molecule has 0 bridgehead atoms. The van der Waals surface area contributed by atoms with E-state index in [-0.39, 0.29) is 5.96 Å². The van der Waals surface area contributed by atoms with Gasteiger partial charge in [0.15, 0.2) is 5.96 Å². The summed E-state index contributed by atoms with van der Waals surface area (Å²) in [4.78, 5) is 3.91. The molecule has 0 unspecified atom stereocenters. The smallest absolute Gasteiger partial charge is 0.191 e. The second-order valence-electron chi connectivity index (χ2n) is 2.57. The van der Waals surface area contributed by atoms with Gasteiger partial charge in [0.25, 0.3) is 0 Å². The minimum Gasteiger partial charge on any atom is -0.497 e. The maximum atomic E-state index is 5.27. The number of aliphatic imine (C=N–C) groups is 1. The summed E-state index contributed by atoms with van der Waals surface area (Å²) in [7, 11) is 3.12. The van der Waals surface area contributed by atoms with Crippen LogP contribution < -0.4 is 20.9 Å². The Morgan fingerprint density at radius 3 is 2.43 bits per heavy atom. The summed E-state index contributed by atoms with van der Waals surface area (Å²) < 4.78 is 10.1. The SMILES string of the molecule is COc1ccc(OC)c(N=C(N)N)c1. The molecule has 0 atom stereocenters. The zero-order valence-corrected chi connectivity index (χ0v) is 8.15. The fraction of sp³-hybridized carbons (Fsp3) is 0.222. The third kappa shape index (κ3) is 2.29. The number of hydrogen-bond donors (Lipinski definition) is 2. The molecule has 0 aliphatic heterocycles. The lowest BCUT2D eigenvalue weighted by Gasteiger charge is -2.06. The molecule has 5 heteroatoms. The van der Waals surface area contributed by atoms with Crippen molar-refractivity contribution in [1.29, 1.82) is 0 Å². The standard InChI is InChI=1S/C9H13N3O2/c1-13-6-3-4-8(14-2)7(5-6)12-9(10)11/h3-5H,1-2H3,(H4,10,11,12). The minimum atomic E-state index is -0.0171. The summed E-state index contributed by atoms with van der Waals surface area (Å²) in [6, 6.07) is 5.20. The van der Waals surface area contributed by atoms with Crippen LogP contribution in [0.1, 0.15) is 0 Å². The maximum absolute atomic E-state index is 5.27. The largest absolute Gasteiger partial charge is 0.497 e. The Bertz CT molecular complexity index is 346. The van der Waals surface area contributed by atoms with Crippen LogP contribution in [0.4, 0.5) is 5.69 Å². The highest BCUT2D eigenvalue weighted by molar-refractivity contribution is 5.80. The Hall–Kier alpha value is -1.91. The van der Waals surface area contributed by atoms with Gasteiger partial charge in [0.05, 0.1) is 14.2 Å². The average Bonchev–Trinajstić information content (AvgIpc) is 2.16. The summed E-state index contributed by atoms with van der Waals surface area (Å²) in [5.74, 6) is 1.25. The number of nitrogens with two attached hydrogens (primary N) is 2. The first-order valence-corrected chi connectivity index (χ1v) is 3.99. The van der Waals surface area contributed by atoms with Crippen LogP contribution >= 0.6 is 0 Å². The molecule has 0 aromatic heterocycles. The van der Waals surface area contributed by atoms with E-state index in [0.717, 1.165) is 0 Å². The van der Waals surface area contributed by atoms with Crippen molar-refractivity contribution in [2.24, 2.45) is 16.5 Å². The highest BCUT2D eigenvalue weighted by Gasteiger charge is 2.03. The molecule has 4 N–H and O–H groups in total. The molecular weight excluding hydrogens is 182 g/mol. The first-order chi connectivity index (χ1) is 6.67. The third-order valence-corrected chi connectivity index (χ3v) is 1.64. The normalized spacial score (nSPS) is 9.29. The Morgan fingerprint density at radius 2 is 1.93 bits per heavy atom. The van der Waals surface area contributed by atoms with E-state index in [1.54, 1.807) is 32.4 Å². The van der Waals surface area contributed by atoms with Crippen LogP contribution in [0.3, 0.4) is 0 Å². The van der Waals surface area contributed by atoms with Gasteiger partial charge in [0, 0.05) is 6.07 Å². The second kappa shape index (κ2) is 4.36. The molecule has 1 aromatic carbocycles. The van der Waals surface area contributed by atoms with E-state index in [0.29, 0.717) is 17.2 Å². The van der Waals surface area contributed by atoms with Gasteiger partial charge in [0.2, 0.25) is 0 Å². The third-order valence-electron chi connectivity index (χ3n) is 1.64. The molecular formula is C9H13N3O2. The van der Waals surface area contributed by atoms with Gasteiger partial charge in [-0.2, -0.15) is 0 Å². The molecule has 0 aliphatic carbocycles. The van der Waals surface area contributed by atoms with Crippen molar-refractivity contribution in [3.63, 3.8) is 0 Å². The van der Waals surface area contributed by atoms with E-state index < -0.39 is 0 Å². The van der Waals surface area contributed by atoms with Crippen LogP contribution in [0.2, 0.25) is 0 Å². The van der Waals surface area contributed by atoms with Gasteiger partial charge >= 0.3 is 0 Å². The van der Waals surface area contributed by atoms with Gasteiger partial charge in [-0.25, -0.2) is 4.99 Å². The van der Waals surface area contributed by atoms with E-state index in [9.17, 15) is 0 Å². The predicted molar refractivity (Wildman–Crippen MR) is 55.0 cm³/mol. The molecule has 0 radical (unpaired) electrons. The van der Waals surface area contributed by atoms with Crippen molar-refractivity contribution >= 4 is 11.6 Å². The van der Waals surface area contributed by atoms with Gasteiger partial charge in [-0.05, 0) is 12.1 Å². The molecule has 0 heterocycles. The lowest BCUT2D eigenvalue weighted by molar-refractivity contribution is 0.404. The van der Waals surface area contributed by atoms with Crippen LogP contribution in [-0.4, -0.2) is 20.2 Å². The first kappa shape index (κ1) is 10.2. The van der Waals surface area contributed by atoms with Gasteiger partial charge in [0.1, 0.15) is 17.2 Å². The lowest BCUT2D eigenvalue weighted by atomic mass is 10.3. The predicted octanol–water partition coefficient (Wildman–Crippen LogP) is 0.609. The zero-order chi connectivity index (χ0) is 10.6. The average molecular weight is 195 g/mol. The summed E-state index contributed by atoms with van der Waals surface area (Å²) >= 11 is 0. The number of methoxy groups -OCH3 is 2. The number of rotatable bonds is 3. The van der Waals surface area contributed by atoms with Crippen molar-refractivity contribution in [3.05, 3.63) is 18.2 Å². The fourth-order valence-electron chi connectivity index (χ4n) is 1.02. The number of ether oxygens (including phenoxy) is 2. The van der Waals surface area contributed by atoms with E-state index in [2.05, 4.69) is 4.99 Å². The van der Waals surface area contributed by atoms with Gasteiger partial charge in [-0.3, -0.25) is 0 Å². The molecule has 0 spiro atoms. The first-order valence-electron chi connectivity index (χ1n) is 3.99. The monoisotopic (exact) mass is 195 g/mol. The Kier molecular flexibility index (Phi) is 3.17. The van der Waals surface area contributed by atoms with Crippen LogP contribution in [-0.2, 0) is 0 Å². The van der Waals surface area contributed by atoms with Crippen molar-refractivity contribution in [3.8, 4) is 11.5 Å². The van der Waals surface area contributed by atoms with Crippen molar-refractivity contribution < 1.29 is 9.47 Å². The topological polar surface area (TPSA) is 82.9 Å². The van der Waals surface area contributed by atoms with Crippen LogP contribution in [0.15, 0.2) is 23.2 Å². The second-order valence-corrected chi connectivity index (χ2v) is 2.57. The Labute approximate surface area is 82.3 Å². The number of nitrogens with zero attached hydrogens (tertiary/aromatic N) is 1. The molecule has 1 rings (SSSR count). The Morgan fingerprint density at radius 1 is 1.21 bits per heavy atom. The summed E-state index contributed by atoms with van der Waals surface area (Å²) in [5.41, 5.74) is 11.1. The molecule has 76 valence electrons. The van der Waals surface area contributed by atoms with Gasteiger partial charge < -0.3 is 20.9 Å². The van der Waals surface area contributed by atoms with Crippen molar-refractivity contribution in [2.75, 3.05) is 14.2 Å². The molecule has 0 saturated carbocycles. The van der Waals surface area contributed by atoms with E-state index in [1.165, 1.54) is 0 Å². The molecule has 0 amide bonds. The van der Waals surface area contributed by atoms with E-state index in [4.69, 9.17) is 20.9 Å². The molecule has 5 nitrogen and oxygen atoms in total. The summed E-state index contributed by atoms with van der Waals surface area (Å²) in [5, 5.41) is 0. The molecule has 0 fully saturated rings. The van der Waals surface area contributed by atoms with E-state index in [1.807, 2.05) is 0 Å². The van der Waals surface area contributed by atoms with Crippen LogP contribution in [0.5, 0.6) is 11.5 Å². The van der Waals surface area contributed by atoms with E-state index >= 15 is 0 Å². The molecule has 1 aromatic rings. The van der Waals surface area contributed by atoms with Gasteiger partial charge in [-0.15, -0.1) is 0 Å². The van der Waals surface area contributed by atoms with Gasteiger partial charge in [-0.1, -0.05) is 0 Å². The molecule has 0 saturated heterocycles. The highest BCUT2D eigenvalue weighted by atomic mass is 16.5. The van der Waals surface area contributed by atoms with Crippen LogP contribution in [0.25, 0.3) is 0 Å². The number of hydrogen-bond acceptors (Lipinski definition) is 3. The van der Waals surface area contributed by atoms with Crippen molar-refractivity contribution in [2.45, 2.75) is 0 Å².